The SMILES string of the molecule is Nc1ccc(S(=O)CC2CCOCC2)cc1. The van der Waals surface area contributed by atoms with Gasteiger partial charge in [-0.25, -0.2) is 0 Å². The smallest absolute Gasteiger partial charge is 0.0532 e. The molecule has 3 nitrogen and oxygen atoms in total. The van der Waals surface area contributed by atoms with E-state index in [4.69, 9.17) is 10.5 Å². The monoisotopic (exact) mass is 239 g/mol. The minimum atomic E-state index is -0.900. The second-order valence-corrected chi connectivity index (χ2v) is 5.63. The molecule has 88 valence electrons. The summed E-state index contributed by atoms with van der Waals surface area (Å²) in [5, 5.41) is 0. The molecule has 1 saturated heterocycles. The molecule has 0 radical (unpaired) electrons. The van der Waals surface area contributed by atoms with E-state index in [-0.39, 0.29) is 0 Å². The van der Waals surface area contributed by atoms with Crippen LogP contribution in [0.1, 0.15) is 12.8 Å². The topological polar surface area (TPSA) is 52.3 Å². The van der Waals surface area contributed by atoms with Crippen molar-refractivity contribution in [1.82, 2.24) is 0 Å². The molecule has 0 saturated carbocycles. The van der Waals surface area contributed by atoms with Gasteiger partial charge in [-0.2, -0.15) is 0 Å². The van der Waals surface area contributed by atoms with Gasteiger partial charge in [0.05, 0.1) is 10.8 Å². The molecule has 2 N–H and O–H groups in total. The molecule has 1 atom stereocenters. The third-order valence-electron chi connectivity index (χ3n) is 2.87. The standard InChI is InChI=1S/C12H17NO2S/c13-11-1-3-12(4-2-11)16(14)9-10-5-7-15-8-6-10/h1-4,10H,5-9,13H2. The summed E-state index contributed by atoms with van der Waals surface area (Å²) in [6, 6.07) is 7.31. The molecule has 1 fully saturated rings. The molecule has 1 aliphatic heterocycles. The van der Waals surface area contributed by atoms with Crippen molar-refractivity contribution in [2.75, 3.05) is 24.7 Å². The molecule has 0 aliphatic carbocycles. The lowest BCUT2D eigenvalue weighted by molar-refractivity contribution is 0.0725. The van der Waals surface area contributed by atoms with Crippen molar-refractivity contribution in [3.8, 4) is 0 Å². The van der Waals surface area contributed by atoms with Crippen LogP contribution in [0.25, 0.3) is 0 Å². The number of anilines is 1. The largest absolute Gasteiger partial charge is 0.399 e. The van der Waals surface area contributed by atoms with Crippen LogP contribution in [0.4, 0.5) is 5.69 Å². The Kier molecular flexibility index (Phi) is 3.96. The maximum Gasteiger partial charge on any atom is 0.0532 e. The van der Waals surface area contributed by atoms with Gasteiger partial charge in [0.1, 0.15) is 0 Å². The van der Waals surface area contributed by atoms with Crippen LogP contribution in [0.15, 0.2) is 29.2 Å². The number of nitrogen functional groups attached to an aromatic ring is 1. The fourth-order valence-electron chi connectivity index (χ4n) is 1.84. The summed E-state index contributed by atoms with van der Waals surface area (Å²) < 4.78 is 17.3. The van der Waals surface area contributed by atoms with Crippen LogP contribution < -0.4 is 5.73 Å². The summed E-state index contributed by atoms with van der Waals surface area (Å²) in [4.78, 5) is 0.876. The highest BCUT2D eigenvalue weighted by Crippen LogP contribution is 2.19. The third-order valence-corrected chi connectivity index (χ3v) is 4.44. The Morgan fingerprint density at radius 3 is 2.50 bits per heavy atom. The minimum absolute atomic E-state index is 0.534. The van der Waals surface area contributed by atoms with Crippen molar-refractivity contribution in [2.45, 2.75) is 17.7 Å². The van der Waals surface area contributed by atoms with Crippen molar-refractivity contribution in [2.24, 2.45) is 5.92 Å². The van der Waals surface area contributed by atoms with Crippen LogP contribution in [0.3, 0.4) is 0 Å². The highest BCUT2D eigenvalue weighted by atomic mass is 32.2. The summed E-state index contributed by atoms with van der Waals surface area (Å²) in [5.41, 5.74) is 6.31. The molecule has 0 amide bonds. The second kappa shape index (κ2) is 5.46. The van der Waals surface area contributed by atoms with E-state index < -0.39 is 10.8 Å². The molecular formula is C12H17NO2S. The zero-order valence-corrected chi connectivity index (χ0v) is 10.0. The van der Waals surface area contributed by atoms with Crippen molar-refractivity contribution in [3.63, 3.8) is 0 Å². The molecule has 1 unspecified atom stereocenters. The molecule has 4 heteroatoms. The number of hydrogen-bond acceptors (Lipinski definition) is 3. The average molecular weight is 239 g/mol. The van der Waals surface area contributed by atoms with E-state index in [1.807, 2.05) is 12.1 Å². The first-order chi connectivity index (χ1) is 7.75. The van der Waals surface area contributed by atoms with Gasteiger partial charge in [-0.1, -0.05) is 0 Å². The van der Waals surface area contributed by atoms with Crippen molar-refractivity contribution in [1.29, 1.82) is 0 Å². The molecule has 0 aromatic heterocycles. The molecule has 16 heavy (non-hydrogen) atoms. The predicted octanol–water partition coefficient (Wildman–Crippen LogP) is 1.80. The van der Waals surface area contributed by atoms with E-state index in [0.717, 1.165) is 36.7 Å². The van der Waals surface area contributed by atoms with E-state index in [2.05, 4.69) is 0 Å². The molecule has 1 aromatic carbocycles. The predicted molar refractivity (Wildman–Crippen MR) is 65.7 cm³/mol. The molecule has 2 rings (SSSR count). The van der Waals surface area contributed by atoms with Gasteiger partial charge in [-0.3, -0.25) is 4.21 Å². The van der Waals surface area contributed by atoms with Gasteiger partial charge < -0.3 is 10.5 Å². The normalized spacial score (nSPS) is 19.5. The van der Waals surface area contributed by atoms with Gasteiger partial charge in [-0.15, -0.1) is 0 Å². The zero-order chi connectivity index (χ0) is 11.4. The van der Waals surface area contributed by atoms with E-state index in [9.17, 15) is 4.21 Å². The van der Waals surface area contributed by atoms with E-state index >= 15 is 0 Å². The van der Waals surface area contributed by atoms with Crippen molar-refractivity contribution >= 4 is 16.5 Å². The van der Waals surface area contributed by atoms with E-state index in [0.29, 0.717) is 11.6 Å². The zero-order valence-electron chi connectivity index (χ0n) is 9.22. The maximum absolute atomic E-state index is 12.1. The summed E-state index contributed by atoms with van der Waals surface area (Å²) in [5.74, 6) is 1.28. The molecular weight excluding hydrogens is 222 g/mol. The first kappa shape index (κ1) is 11.6. The first-order valence-electron chi connectivity index (χ1n) is 5.57. The lowest BCUT2D eigenvalue weighted by Gasteiger charge is -2.21. The van der Waals surface area contributed by atoms with Crippen molar-refractivity contribution in [3.05, 3.63) is 24.3 Å². The summed E-state index contributed by atoms with van der Waals surface area (Å²) >= 11 is 0. The summed E-state index contributed by atoms with van der Waals surface area (Å²) in [7, 11) is -0.900. The van der Waals surface area contributed by atoms with Gasteiger partial charge in [0.15, 0.2) is 0 Å². The maximum atomic E-state index is 12.1. The Bertz CT molecular complexity index is 358. The Morgan fingerprint density at radius 1 is 1.25 bits per heavy atom. The molecule has 1 aliphatic rings. The Balaban J connectivity index is 1.94. The molecule has 1 aromatic rings. The quantitative estimate of drug-likeness (QED) is 0.818. The minimum Gasteiger partial charge on any atom is -0.399 e. The van der Waals surface area contributed by atoms with E-state index in [1.165, 1.54) is 0 Å². The number of hydrogen-bond donors (Lipinski definition) is 1. The van der Waals surface area contributed by atoms with Crippen LogP contribution in [0.5, 0.6) is 0 Å². The highest BCUT2D eigenvalue weighted by molar-refractivity contribution is 7.85. The van der Waals surface area contributed by atoms with Gasteiger partial charge in [0.2, 0.25) is 0 Å². The number of rotatable bonds is 3. The Labute approximate surface area is 98.4 Å². The van der Waals surface area contributed by atoms with Gasteiger partial charge >= 0.3 is 0 Å². The summed E-state index contributed by atoms with van der Waals surface area (Å²) in [6.07, 6.45) is 2.06. The van der Waals surface area contributed by atoms with Gasteiger partial charge in [0, 0.05) is 29.5 Å². The van der Waals surface area contributed by atoms with Crippen LogP contribution in [0.2, 0.25) is 0 Å². The van der Waals surface area contributed by atoms with Crippen LogP contribution in [0, 0.1) is 5.92 Å². The number of nitrogens with two attached hydrogens (primary N) is 1. The lowest BCUT2D eigenvalue weighted by atomic mass is 10.0. The van der Waals surface area contributed by atoms with E-state index in [1.54, 1.807) is 12.1 Å². The highest BCUT2D eigenvalue weighted by Gasteiger charge is 2.17. The number of ether oxygens (including phenoxy) is 1. The van der Waals surface area contributed by atoms with Crippen LogP contribution in [-0.2, 0) is 15.5 Å². The fourth-order valence-corrected chi connectivity index (χ4v) is 3.24. The Hall–Kier alpha value is -0.870. The second-order valence-electron chi connectivity index (χ2n) is 4.14. The van der Waals surface area contributed by atoms with Crippen LogP contribution in [-0.4, -0.2) is 23.2 Å². The van der Waals surface area contributed by atoms with Crippen molar-refractivity contribution < 1.29 is 8.95 Å². The fraction of sp³-hybridized carbons (Fsp3) is 0.500. The molecule has 0 bridgehead atoms. The molecule has 1 heterocycles. The third kappa shape index (κ3) is 3.06. The lowest BCUT2D eigenvalue weighted by Crippen LogP contribution is -2.21. The first-order valence-corrected chi connectivity index (χ1v) is 6.89. The molecule has 0 spiro atoms. The Morgan fingerprint density at radius 2 is 1.88 bits per heavy atom. The van der Waals surface area contributed by atoms with Crippen LogP contribution >= 0.6 is 0 Å². The summed E-state index contributed by atoms with van der Waals surface area (Å²) in [6.45, 7) is 1.62. The number of benzene rings is 1. The van der Waals surface area contributed by atoms with Gasteiger partial charge in [0.25, 0.3) is 0 Å². The van der Waals surface area contributed by atoms with Gasteiger partial charge in [-0.05, 0) is 43.0 Å². The average Bonchev–Trinajstić information content (AvgIpc) is 2.31.